The van der Waals surface area contributed by atoms with E-state index in [1.165, 1.54) is 30.8 Å². The molecular weight excluding hydrogens is 601 g/mol. The first-order valence-corrected chi connectivity index (χ1v) is 16.3. The van der Waals surface area contributed by atoms with Gasteiger partial charge in [0, 0.05) is 24.7 Å². The molecule has 0 aromatic heterocycles. The van der Waals surface area contributed by atoms with Crippen molar-refractivity contribution in [2.24, 2.45) is 11.8 Å². The lowest BCUT2D eigenvalue weighted by molar-refractivity contribution is 0.0948. The molecule has 0 radical (unpaired) electrons. The van der Waals surface area contributed by atoms with E-state index in [1.54, 1.807) is 24.3 Å². The second kappa shape index (κ2) is 13.8. The Kier molecular flexibility index (Phi) is 10.6. The van der Waals surface area contributed by atoms with Gasteiger partial charge in [0.05, 0.1) is 26.2 Å². The Morgan fingerprint density at radius 2 is 1.56 bits per heavy atom. The van der Waals surface area contributed by atoms with Gasteiger partial charge in [0.15, 0.2) is 0 Å². The number of anilines is 1. The molecule has 1 unspecified atom stereocenters. The Hall–Kier alpha value is -2.29. The lowest BCUT2D eigenvalue weighted by Gasteiger charge is -2.37. The molecule has 1 aliphatic carbocycles. The number of amides is 1. The number of nitrogens with one attached hydrogen (secondary N) is 1. The zero-order valence-electron chi connectivity index (χ0n) is 23.5. The summed E-state index contributed by atoms with van der Waals surface area (Å²) in [4.78, 5) is 15.5. The van der Waals surface area contributed by atoms with Gasteiger partial charge in [-0.05, 0) is 93.2 Å². The van der Waals surface area contributed by atoms with Crippen LogP contribution in [0.5, 0.6) is 0 Å². The van der Waals surface area contributed by atoms with Gasteiger partial charge in [0.25, 0.3) is 15.9 Å². The first kappa shape index (κ1) is 31.6. The third-order valence-corrected chi connectivity index (χ3v) is 10.7. The van der Waals surface area contributed by atoms with Gasteiger partial charge in [-0.3, -0.25) is 9.10 Å². The van der Waals surface area contributed by atoms with Crippen LogP contribution in [-0.4, -0.2) is 46.9 Å². The molecule has 1 atom stereocenters. The lowest BCUT2D eigenvalue weighted by atomic mass is 9.75. The van der Waals surface area contributed by atoms with Crippen LogP contribution in [0.3, 0.4) is 0 Å². The van der Waals surface area contributed by atoms with Crippen LogP contribution in [0.15, 0.2) is 71.6 Å². The summed E-state index contributed by atoms with van der Waals surface area (Å²) in [5, 5.41) is 4.17. The van der Waals surface area contributed by atoms with Crippen molar-refractivity contribution in [1.82, 2.24) is 10.2 Å². The molecule has 6 nitrogen and oxygen atoms in total. The van der Waals surface area contributed by atoms with E-state index >= 15 is 0 Å². The summed E-state index contributed by atoms with van der Waals surface area (Å²) in [6.45, 7) is 0.528. The molecule has 0 heterocycles. The van der Waals surface area contributed by atoms with Gasteiger partial charge in [-0.25, -0.2) is 8.42 Å². The summed E-state index contributed by atoms with van der Waals surface area (Å²) in [6, 6.07) is 19.3. The zero-order chi connectivity index (χ0) is 29.7. The van der Waals surface area contributed by atoms with Gasteiger partial charge >= 0.3 is 0 Å². The predicted octanol–water partition coefficient (Wildman–Crippen LogP) is 7.70. The van der Waals surface area contributed by atoms with Crippen molar-refractivity contribution in [3.05, 3.63) is 92.9 Å². The molecule has 0 aliphatic heterocycles. The van der Waals surface area contributed by atoms with Crippen LogP contribution in [0.2, 0.25) is 15.1 Å². The second-order valence-corrected chi connectivity index (χ2v) is 14.1. The Balaban J connectivity index is 1.34. The van der Waals surface area contributed by atoms with Gasteiger partial charge in [0.2, 0.25) is 0 Å². The third-order valence-electron chi connectivity index (χ3n) is 7.98. The van der Waals surface area contributed by atoms with Crippen LogP contribution in [0.25, 0.3) is 0 Å². The minimum absolute atomic E-state index is 0.00668. The van der Waals surface area contributed by atoms with Gasteiger partial charge in [-0.1, -0.05) is 71.9 Å². The molecule has 1 amide bonds. The Bertz CT molecular complexity index is 1460. The highest BCUT2D eigenvalue weighted by Gasteiger charge is 2.30. The van der Waals surface area contributed by atoms with E-state index in [4.69, 9.17) is 34.8 Å². The van der Waals surface area contributed by atoms with E-state index in [9.17, 15) is 13.2 Å². The Morgan fingerprint density at radius 3 is 2.20 bits per heavy atom. The molecule has 0 saturated heterocycles. The molecule has 3 aromatic carbocycles. The maximum atomic E-state index is 13.3. The summed E-state index contributed by atoms with van der Waals surface area (Å²) >= 11 is 18.1. The molecule has 1 aliphatic rings. The number of hydrogen-bond acceptors (Lipinski definition) is 4. The van der Waals surface area contributed by atoms with Crippen molar-refractivity contribution in [2.75, 3.05) is 32.0 Å². The van der Waals surface area contributed by atoms with Crippen molar-refractivity contribution in [3.8, 4) is 0 Å². The van der Waals surface area contributed by atoms with Crippen molar-refractivity contribution >= 4 is 56.4 Å². The van der Waals surface area contributed by atoms with E-state index < -0.39 is 10.0 Å². The average molecular weight is 637 g/mol. The van der Waals surface area contributed by atoms with Crippen molar-refractivity contribution in [3.63, 3.8) is 0 Å². The summed E-state index contributed by atoms with van der Waals surface area (Å²) in [7, 11) is 1.72. The quantitative estimate of drug-likeness (QED) is 0.248. The summed E-state index contributed by atoms with van der Waals surface area (Å²) in [6.07, 6.45) is 5.36. The number of hydrogen-bond donors (Lipinski definition) is 1. The van der Waals surface area contributed by atoms with Crippen LogP contribution < -0.4 is 9.62 Å². The minimum Gasteiger partial charge on any atom is -0.352 e. The van der Waals surface area contributed by atoms with E-state index in [0.717, 1.165) is 41.4 Å². The summed E-state index contributed by atoms with van der Waals surface area (Å²) in [5.74, 6) is 0.797. The fourth-order valence-corrected chi connectivity index (χ4v) is 7.52. The largest absolute Gasteiger partial charge is 0.352 e. The van der Waals surface area contributed by atoms with Gasteiger partial charge in [0.1, 0.15) is 0 Å². The Labute approximate surface area is 258 Å². The van der Waals surface area contributed by atoms with Crippen molar-refractivity contribution < 1.29 is 13.2 Å². The predicted molar refractivity (Wildman–Crippen MR) is 169 cm³/mol. The molecule has 10 heteroatoms. The number of sulfonamides is 1. The van der Waals surface area contributed by atoms with Crippen LogP contribution >= 0.6 is 34.8 Å². The highest BCUT2D eigenvalue weighted by atomic mass is 35.5. The molecule has 1 fully saturated rings. The number of rotatable bonds is 10. The summed E-state index contributed by atoms with van der Waals surface area (Å²) < 4.78 is 27.7. The number of halogens is 3. The first-order chi connectivity index (χ1) is 19.5. The average Bonchev–Trinajstić information content (AvgIpc) is 2.95. The molecule has 4 rings (SSSR count). The van der Waals surface area contributed by atoms with Crippen molar-refractivity contribution in [2.45, 2.75) is 43.0 Å². The normalized spacial score (nSPS) is 18.2. The van der Waals surface area contributed by atoms with Gasteiger partial charge < -0.3 is 10.2 Å². The number of carbonyl (C=O) groups excluding carboxylic acids is 1. The SMILES string of the molecule is CN(C)C(c1ccc(Cl)cc1)C1CCC(CCNC(=O)c2ccccc2N(C)S(=O)(=O)c2ccc(Cl)c(Cl)c2)CC1. The fourth-order valence-electron chi connectivity index (χ4n) is 5.79. The molecule has 41 heavy (non-hydrogen) atoms. The first-order valence-electron chi connectivity index (χ1n) is 13.7. The van der Waals surface area contributed by atoms with Crippen LogP contribution in [0, 0.1) is 11.8 Å². The third kappa shape index (κ3) is 7.57. The maximum absolute atomic E-state index is 13.3. The molecular formula is C31H36Cl3N3O3S. The number of benzene rings is 3. The molecule has 1 saturated carbocycles. The fraction of sp³-hybridized carbons (Fsp3) is 0.387. The van der Waals surface area contributed by atoms with E-state index in [1.807, 2.05) is 12.1 Å². The van der Waals surface area contributed by atoms with E-state index in [2.05, 4.69) is 36.4 Å². The lowest BCUT2D eigenvalue weighted by Crippen LogP contribution is -2.33. The van der Waals surface area contributed by atoms with Crippen LogP contribution in [-0.2, 0) is 10.0 Å². The smallest absolute Gasteiger partial charge is 0.264 e. The topological polar surface area (TPSA) is 69.7 Å². The van der Waals surface area contributed by atoms with Crippen LogP contribution in [0.1, 0.15) is 54.1 Å². The standard InChI is InChI=1S/C31H36Cl3N3O3S/c1-36(2)30(23-12-14-24(32)15-13-23)22-10-8-21(9-11-22)18-19-35-31(38)26-6-4-5-7-29(26)37(3)41(39,40)25-16-17-27(33)28(34)20-25/h4-7,12-17,20-22,30H,8-11,18-19H2,1-3H3,(H,35,38). The number of carbonyl (C=O) groups is 1. The van der Waals surface area contributed by atoms with Crippen LogP contribution in [0.4, 0.5) is 5.69 Å². The second-order valence-electron chi connectivity index (χ2n) is 10.9. The maximum Gasteiger partial charge on any atom is 0.264 e. The Morgan fingerprint density at radius 1 is 0.902 bits per heavy atom. The summed E-state index contributed by atoms with van der Waals surface area (Å²) in [5.41, 5.74) is 1.87. The molecule has 3 aromatic rings. The van der Waals surface area contributed by atoms with Gasteiger partial charge in [-0.15, -0.1) is 0 Å². The van der Waals surface area contributed by atoms with E-state index in [-0.39, 0.29) is 26.5 Å². The molecule has 0 bridgehead atoms. The van der Waals surface area contributed by atoms with Gasteiger partial charge in [-0.2, -0.15) is 0 Å². The zero-order valence-corrected chi connectivity index (χ0v) is 26.6. The highest BCUT2D eigenvalue weighted by molar-refractivity contribution is 7.92. The number of nitrogens with zero attached hydrogens (tertiary/aromatic N) is 2. The molecule has 0 spiro atoms. The monoisotopic (exact) mass is 635 g/mol. The number of para-hydroxylation sites is 1. The highest BCUT2D eigenvalue weighted by Crippen LogP contribution is 2.40. The molecule has 1 N–H and O–H groups in total. The minimum atomic E-state index is -3.97. The van der Waals surface area contributed by atoms with Crippen molar-refractivity contribution in [1.29, 1.82) is 0 Å². The van der Waals surface area contributed by atoms with E-state index in [0.29, 0.717) is 30.0 Å². The molecule has 220 valence electrons.